The van der Waals surface area contributed by atoms with E-state index in [1.54, 1.807) is 31.1 Å². The Morgan fingerprint density at radius 2 is 2.07 bits per heavy atom. The van der Waals surface area contributed by atoms with Gasteiger partial charge in [0.1, 0.15) is 0 Å². The van der Waals surface area contributed by atoms with Crippen molar-refractivity contribution in [3.8, 4) is 0 Å². The van der Waals surface area contributed by atoms with Gasteiger partial charge in [0, 0.05) is 20.6 Å². The molecule has 5 heteroatoms. The lowest BCUT2D eigenvalue weighted by molar-refractivity contribution is 0.209. The van der Waals surface area contributed by atoms with Gasteiger partial charge in [-0.3, -0.25) is 0 Å². The third kappa shape index (κ3) is 3.29. The number of carbonyl (C=O) groups excluding carboxylic acids is 1. The molecular formula is C10H12Cl2N2O. The van der Waals surface area contributed by atoms with Crippen LogP contribution in [0.5, 0.6) is 0 Å². The van der Waals surface area contributed by atoms with Crippen LogP contribution in [0.25, 0.3) is 0 Å². The molecule has 0 saturated heterocycles. The molecule has 0 saturated carbocycles. The van der Waals surface area contributed by atoms with Gasteiger partial charge in [-0.25, -0.2) is 4.79 Å². The first-order valence-corrected chi connectivity index (χ1v) is 5.17. The second-order valence-electron chi connectivity index (χ2n) is 3.16. The first kappa shape index (κ1) is 12.1. The van der Waals surface area contributed by atoms with Gasteiger partial charge in [0.25, 0.3) is 0 Å². The molecule has 3 nitrogen and oxygen atoms in total. The van der Waals surface area contributed by atoms with Crippen LogP contribution in [0.4, 0.5) is 4.79 Å². The lowest BCUT2D eigenvalue weighted by atomic mass is 10.2. The summed E-state index contributed by atoms with van der Waals surface area (Å²) in [7, 11) is 3.30. The molecule has 0 radical (unpaired) electrons. The van der Waals surface area contributed by atoms with Gasteiger partial charge in [0.2, 0.25) is 0 Å². The summed E-state index contributed by atoms with van der Waals surface area (Å²) in [6.45, 7) is 0.497. The maximum Gasteiger partial charge on any atom is 0.317 e. The number of hydrogen-bond acceptors (Lipinski definition) is 1. The van der Waals surface area contributed by atoms with Crippen molar-refractivity contribution < 1.29 is 4.79 Å². The molecule has 2 amide bonds. The van der Waals surface area contributed by atoms with Crippen molar-refractivity contribution in [1.82, 2.24) is 10.2 Å². The summed E-state index contributed by atoms with van der Waals surface area (Å²) < 4.78 is 0. The van der Waals surface area contributed by atoms with Crippen molar-refractivity contribution in [1.29, 1.82) is 0 Å². The molecule has 1 N–H and O–H groups in total. The first-order chi connectivity index (χ1) is 7.04. The number of halogens is 2. The minimum absolute atomic E-state index is 0.138. The number of hydrogen-bond donors (Lipinski definition) is 1. The number of rotatable bonds is 2. The second-order valence-corrected chi connectivity index (χ2v) is 3.97. The predicted octanol–water partition coefficient (Wildman–Crippen LogP) is 2.76. The predicted molar refractivity (Wildman–Crippen MR) is 62.4 cm³/mol. The van der Waals surface area contributed by atoms with Crippen molar-refractivity contribution in [3.63, 3.8) is 0 Å². The van der Waals surface area contributed by atoms with Gasteiger partial charge in [-0.2, -0.15) is 0 Å². The van der Waals surface area contributed by atoms with E-state index in [1.165, 1.54) is 0 Å². The molecule has 1 aromatic carbocycles. The largest absolute Gasteiger partial charge is 0.341 e. The summed E-state index contributed by atoms with van der Waals surface area (Å²) in [6, 6.07) is 5.18. The molecule has 0 aliphatic carbocycles. The molecule has 82 valence electrons. The van der Waals surface area contributed by atoms with Crippen LogP contribution < -0.4 is 5.32 Å². The van der Waals surface area contributed by atoms with E-state index < -0.39 is 0 Å². The Bertz CT molecular complexity index is 368. The van der Waals surface area contributed by atoms with Gasteiger partial charge in [0.15, 0.2) is 0 Å². The SMILES string of the molecule is CNC(=O)N(C)Cc1ccc(Cl)c(Cl)c1. The molecule has 0 aliphatic heterocycles. The third-order valence-electron chi connectivity index (χ3n) is 1.96. The molecule has 0 bridgehead atoms. The lowest BCUT2D eigenvalue weighted by Crippen LogP contribution is -2.34. The van der Waals surface area contributed by atoms with Crippen LogP contribution in [0.3, 0.4) is 0 Å². The smallest absolute Gasteiger partial charge is 0.317 e. The van der Waals surface area contributed by atoms with Gasteiger partial charge in [-0.15, -0.1) is 0 Å². The van der Waals surface area contributed by atoms with Crippen LogP contribution in [-0.2, 0) is 6.54 Å². The Labute approximate surface area is 99.0 Å². The van der Waals surface area contributed by atoms with E-state index in [9.17, 15) is 4.79 Å². The summed E-state index contributed by atoms with van der Waals surface area (Å²) in [6.07, 6.45) is 0. The summed E-state index contributed by atoms with van der Waals surface area (Å²) in [5, 5.41) is 3.56. The minimum atomic E-state index is -0.138. The third-order valence-corrected chi connectivity index (χ3v) is 2.70. The summed E-state index contributed by atoms with van der Waals surface area (Å²) in [5.74, 6) is 0. The number of nitrogens with zero attached hydrogens (tertiary/aromatic N) is 1. The highest BCUT2D eigenvalue weighted by molar-refractivity contribution is 6.42. The van der Waals surface area contributed by atoms with Crippen molar-refractivity contribution in [3.05, 3.63) is 33.8 Å². The zero-order chi connectivity index (χ0) is 11.4. The highest BCUT2D eigenvalue weighted by Gasteiger charge is 2.07. The molecule has 1 aromatic rings. The Morgan fingerprint density at radius 3 is 2.60 bits per heavy atom. The lowest BCUT2D eigenvalue weighted by Gasteiger charge is -2.16. The van der Waals surface area contributed by atoms with Crippen molar-refractivity contribution >= 4 is 29.2 Å². The fourth-order valence-electron chi connectivity index (χ4n) is 1.17. The summed E-state index contributed by atoms with van der Waals surface area (Å²) >= 11 is 11.6. The fraction of sp³-hybridized carbons (Fsp3) is 0.300. The zero-order valence-electron chi connectivity index (χ0n) is 8.55. The van der Waals surface area contributed by atoms with E-state index in [4.69, 9.17) is 23.2 Å². The fourth-order valence-corrected chi connectivity index (χ4v) is 1.50. The van der Waals surface area contributed by atoms with Crippen molar-refractivity contribution in [2.24, 2.45) is 0 Å². The maximum atomic E-state index is 11.2. The van der Waals surface area contributed by atoms with E-state index >= 15 is 0 Å². The topological polar surface area (TPSA) is 32.3 Å². The van der Waals surface area contributed by atoms with Gasteiger partial charge in [-0.1, -0.05) is 29.3 Å². The van der Waals surface area contributed by atoms with Crippen molar-refractivity contribution in [2.45, 2.75) is 6.54 Å². The number of urea groups is 1. The molecule has 0 unspecified atom stereocenters. The van der Waals surface area contributed by atoms with E-state index in [0.717, 1.165) is 5.56 Å². The number of nitrogens with one attached hydrogen (secondary N) is 1. The maximum absolute atomic E-state index is 11.2. The van der Waals surface area contributed by atoms with Gasteiger partial charge >= 0.3 is 6.03 Å². The van der Waals surface area contributed by atoms with E-state index in [2.05, 4.69) is 5.32 Å². The second kappa shape index (κ2) is 5.24. The number of amides is 2. The van der Waals surface area contributed by atoms with E-state index in [-0.39, 0.29) is 6.03 Å². The molecule has 15 heavy (non-hydrogen) atoms. The summed E-state index contributed by atoms with van der Waals surface area (Å²) in [4.78, 5) is 12.8. The molecule has 0 atom stereocenters. The molecule has 1 rings (SSSR count). The molecule has 0 fully saturated rings. The molecule has 0 heterocycles. The highest BCUT2D eigenvalue weighted by atomic mass is 35.5. The van der Waals surface area contributed by atoms with Crippen LogP contribution in [0.15, 0.2) is 18.2 Å². The first-order valence-electron chi connectivity index (χ1n) is 4.41. The van der Waals surface area contributed by atoms with Crippen LogP contribution in [0.1, 0.15) is 5.56 Å². The van der Waals surface area contributed by atoms with Crippen LogP contribution in [0.2, 0.25) is 10.0 Å². The summed E-state index contributed by atoms with van der Waals surface area (Å²) in [5.41, 5.74) is 0.940. The highest BCUT2D eigenvalue weighted by Crippen LogP contribution is 2.22. The molecule has 0 aromatic heterocycles. The van der Waals surface area contributed by atoms with E-state index in [1.807, 2.05) is 6.07 Å². The van der Waals surface area contributed by atoms with Gasteiger partial charge in [-0.05, 0) is 17.7 Å². The molecule has 0 spiro atoms. The molecule has 0 aliphatic rings. The zero-order valence-corrected chi connectivity index (χ0v) is 10.1. The normalized spacial score (nSPS) is 9.87. The van der Waals surface area contributed by atoms with Crippen molar-refractivity contribution in [2.75, 3.05) is 14.1 Å². The Balaban J connectivity index is 2.73. The van der Waals surface area contributed by atoms with E-state index in [0.29, 0.717) is 16.6 Å². The number of benzene rings is 1. The average molecular weight is 247 g/mol. The quantitative estimate of drug-likeness (QED) is 0.856. The average Bonchev–Trinajstić information content (AvgIpc) is 2.22. The number of carbonyl (C=O) groups is 1. The van der Waals surface area contributed by atoms with Gasteiger partial charge < -0.3 is 10.2 Å². The monoisotopic (exact) mass is 246 g/mol. The van der Waals surface area contributed by atoms with Crippen LogP contribution in [0, 0.1) is 0 Å². The minimum Gasteiger partial charge on any atom is -0.341 e. The Morgan fingerprint density at radius 1 is 1.40 bits per heavy atom. The van der Waals surface area contributed by atoms with Crippen LogP contribution in [-0.4, -0.2) is 25.0 Å². The Hall–Kier alpha value is -0.930. The molecular weight excluding hydrogens is 235 g/mol. The Kier molecular flexibility index (Phi) is 4.24. The standard InChI is InChI=1S/C10H12Cl2N2O/c1-13-10(15)14(2)6-7-3-4-8(11)9(12)5-7/h3-5H,6H2,1-2H3,(H,13,15). The van der Waals surface area contributed by atoms with Crippen LogP contribution >= 0.6 is 23.2 Å². The van der Waals surface area contributed by atoms with Gasteiger partial charge in [0.05, 0.1) is 10.0 Å².